The number of nitrogens with zero attached hydrogens (tertiary/aromatic N) is 2. The summed E-state index contributed by atoms with van der Waals surface area (Å²) in [5, 5.41) is -0.807. The van der Waals surface area contributed by atoms with Gasteiger partial charge in [-0.05, 0) is 41.5 Å². The number of benzene rings is 1. The third kappa shape index (κ3) is 2.99. The van der Waals surface area contributed by atoms with Gasteiger partial charge in [0.05, 0.1) is 5.19 Å². The maximum absolute atomic E-state index is 14.6. The molecule has 1 aliphatic heterocycles. The van der Waals surface area contributed by atoms with Crippen LogP contribution in [0.1, 0.15) is 41.5 Å². The Morgan fingerprint density at radius 2 is 0.960 bits per heavy atom. The van der Waals surface area contributed by atoms with Crippen LogP contribution in [0.25, 0.3) is 0 Å². The van der Waals surface area contributed by atoms with Crippen LogP contribution in [-0.2, 0) is 0 Å². The molecule has 2 rings (SSSR count). The van der Waals surface area contributed by atoms with E-state index >= 15 is 0 Å². The minimum atomic E-state index is -3.70. The summed E-state index contributed by atoms with van der Waals surface area (Å²) in [6.07, 6.45) is 3.26. The van der Waals surface area contributed by atoms with E-state index < -0.39 is 52.4 Å². The second-order valence-electron chi connectivity index (χ2n) is 7.91. The Balaban J connectivity index is 2.88. The fourth-order valence-corrected chi connectivity index (χ4v) is 11.7. The minimum absolute atomic E-state index is 0.619. The average molecular weight is 443 g/mol. The number of rotatable bonds is 1. The maximum Gasteiger partial charge on any atom is 0.378 e. The first-order valence-corrected chi connectivity index (χ1v) is 11.8. The van der Waals surface area contributed by atoms with Crippen molar-refractivity contribution in [2.75, 3.05) is 0 Å². The van der Waals surface area contributed by atoms with Gasteiger partial charge in [-0.1, -0.05) is 15.3 Å². The van der Waals surface area contributed by atoms with Gasteiger partial charge >= 0.3 is 7.02 Å². The lowest BCUT2D eigenvalue weighted by atomic mass is 10.1. The molecule has 1 aromatic carbocycles. The molecule has 0 saturated carbocycles. The van der Waals surface area contributed by atoms with Crippen LogP contribution in [0.3, 0.4) is 0 Å². The molecule has 25 heavy (non-hydrogen) atoms. The average Bonchev–Trinajstić information content (AvgIpc) is 2.81. The highest BCUT2D eigenvalue weighted by molar-refractivity contribution is 9.26. The molecular formula is C16H20BrF5N2Si. The van der Waals surface area contributed by atoms with Gasteiger partial charge in [-0.3, -0.25) is 0 Å². The first kappa shape index (κ1) is 20.2. The van der Waals surface area contributed by atoms with Gasteiger partial charge in [0.1, 0.15) is 0 Å². The summed E-state index contributed by atoms with van der Waals surface area (Å²) in [7, 11) is -3.70. The van der Waals surface area contributed by atoms with E-state index in [1.807, 2.05) is 0 Å². The third-order valence-electron chi connectivity index (χ3n) is 3.98. The minimum Gasteiger partial charge on any atom is -0.369 e. The summed E-state index contributed by atoms with van der Waals surface area (Å²) >= 11 is 3.45. The van der Waals surface area contributed by atoms with Crippen LogP contribution in [0.2, 0.25) is 0 Å². The van der Waals surface area contributed by atoms with Gasteiger partial charge in [0, 0.05) is 23.5 Å². The molecule has 0 aromatic heterocycles. The Labute approximate surface area is 153 Å². The van der Waals surface area contributed by atoms with E-state index in [1.54, 1.807) is 63.1 Å². The molecule has 0 bridgehead atoms. The van der Waals surface area contributed by atoms with Crippen LogP contribution < -0.4 is 5.19 Å². The predicted molar refractivity (Wildman–Crippen MR) is 92.9 cm³/mol. The normalized spacial score (nSPS) is 17.6. The van der Waals surface area contributed by atoms with Crippen molar-refractivity contribution in [2.24, 2.45) is 0 Å². The van der Waals surface area contributed by atoms with E-state index in [0.717, 1.165) is 0 Å². The summed E-state index contributed by atoms with van der Waals surface area (Å²) in [5.74, 6) is -9.62. The van der Waals surface area contributed by atoms with Crippen molar-refractivity contribution in [2.45, 2.75) is 52.6 Å². The SMILES string of the molecule is CC(C)(C)N1C=CN(C(C)(C)C)[Si]1(Br)c1c(F)c(F)c(F)c(F)c1F. The van der Waals surface area contributed by atoms with Crippen molar-refractivity contribution in [1.82, 2.24) is 9.13 Å². The molecule has 0 saturated heterocycles. The molecule has 0 atom stereocenters. The van der Waals surface area contributed by atoms with Gasteiger partial charge in [-0.15, -0.1) is 0 Å². The van der Waals surface area contributed by atoms with E-state index in [2.05, 4.69) is 15.3 Å². The van der Waals surface area contributed by atoms with Crippen LogP contribution in [0, 0.1) is 29.1 Å². The topological polar surface area (TPSA) is 6.48 Å². The first-order chi connectivity index (χ1) is 11.1. The Morgan fingerprint density at radius 1 is 0.680 bits per heavy atom. The van der Waals surface area contributed by atoms with E-state index in [0.29, 0.717) is 0 Å². The molecule has 1 heterocycles. The molecule has 2 nitrogen and oxygen atoms in total. The fourth-order valence-electron chi connectivity index (χ4n) is 2.91. The zero-order chi connectivity index (χ0) is 19.5. The monoisotopic (exact) mass is 442 g/mol. The molecule has 0 N–H and O–H groups in total. The lowest BCUT2D eigenvalue weighted by Gasteiger charge is -2.49. The van der Waals surface area contributed by atoms with Gasteiger partial charge in [0.25, 0.3) is 0 Å². The van der Waals surface area contributed by atoms with Crippen molar-refractivity contribution in [1.29, 1.82) is 0 Å². The highest BCUT2D eigenvalue weighted by Crippen LogP contribution is 2.40. The molecule has 0 amide bonds. The van der Waals surface area contributed by atoms with Crippen molar-refractivity contribution >= 4 is 27.5 Å². The number of hydrogen-bond donors (Lipinski definition) is 0. The lowest BCUT2D eigenvalue weighted by molar-refractivity contribution is 0.280. The van der Waals surface area contributed by atoms with E-state index in [1.165, 1.54) is 0 Å². The summed E-state index contributed by atoms with van der Waals surface area (Å²) in [6, 6.07) is 0. The molecule has 0 radical (unpaired) electrons. The third-order valence-corrected chi connectivity index (χ3v) is 11.5. The molecule has 1 aromatic rings. The highest BCUT2D eigenvalue weighted by Gasteiger charge is 2.58. The summed E-state index contributed by atoms with van der Waals surface area (Å²) in [5.41, 5.74) is -1.24. The highest BCUT2D eigenvalue weighted by atomic mass is 79.9. The van der Waals surface area contributed by atoms with Crippen molar-refractivity contribution in [3.63, 3.8) is 0 Å². The number of halogens is 6. The molecule has 0 fully saturated rings. The Hall–Kier alpha value is -1.09. The Bertz CT molecular complexity index is 687. The molecule has 9 heteroatoms. The standard InChI is InChI=1S/C16H20BrF5N2Si/c1-15(2,3)23-7-8-24(16(4,5)6)25(23,17)14-12(21)10(19)9(18)11(20)13(14)22/h7-8H,1-6H3. The lowest BCUT2D eigenvalue weighted by Crippen LogP contribution is -2.71. The van der Waals surface area contributed by atoms with E-state index in [9.17, 15) is 22.0 Å². The van der Waals surface area contributed by atoms with Gasteiger partial charge in [0.15, 0.2) is 23.3 Å². The van der Waals surface area contributed by atoms with Crippen molar-refractivity contribution < 1.29 is 22.0 Å². The second kappa shape index (κ2) is 5.97. The van der Waals surface area contributed by atoms with Gasteiger partial charge < -0.3 is 9.13 Å². The van der Waals surface area contributed by atoms with Gasteiger partial charge in [-0.2, -0.15) is 0 Å². The summed E-state index contributed by atoms with van der Waals surface area (Å²) in [6.45, 7) is 10.8. The zero-order valence-electron chi connectivity index (χ0n) is 14.8. The Morgan fingerprint density at radius 3 is 1.24 bits per heavy atom. The smallest absolute Gasteiger partial charge is 0.369 e. The molecule has 0 aliphatic carbocycles. The van der Waals surface area contributed by atoms with E-state index in [-0.39, 0.29) is 0 Å². The summed E-state index contributed by atoms with van der Waals surface area (Å²) in [4.78, 5) is 0. The van der Waals surface area contributed by atoms with Crippen molar-refractivity contribution in [3.05, 3.63) is 41.5 Å². The van der Waals surface area contributed by atoms with Crippen LogP contribution in [0.5, 0.6) is 0 Å². The largest absolute Gasteiger partial charge is 0.378 e. The fraction of sp³-hybridized carbons (Fsp3) is 0.500. The van der Waals surface area contributed by atoms with E-state index in [4.69, 9.17) is 0 Å². The van der Waals surface area contributed by atoms with Crippen LogP contribution in [-0.4, -0.2) is 27.2 Å². The second-order valence-corrected chi connectivity index (χ2v) is 13.9. The quantitative estimate of drug-likeness (QED) is 0.206. The predicted octanol–water partition coefficient (Wildman–Crippen LogP) is 4.61. The zero-order valence-corrected chi connectivity index (χ0v) is 17.4. The van der Waals surface area contributed by atoms with Crippen LogP contribution in [0.15, 0.2) is 12.4 Å². The maximum atomic E-state index is 14.6. The molecule has 1 aliphatic rings. The Kier molecular flexibility index (Phi) is 4.83. The molecule has 140 valence electrons. The molecular weight excluding hydrogens is 423 g/mol. The van der Waals surface area contributed by atoms with Gasteiger partial charge in [0.2, 0.25) is 5.82 Å². The number of hydrogen-bond acceptors (Lipinski definition) is 2. The first-order valence-electron chi connectivity index (χ1n) is 7.63. The van der Waals surface area contributed by atoms with Gasteiger partial charge in [-0.25, -0.2) is 22.0 Å². The molecule has 0 spiro atoms. The van der Waals surface area contributed by atoms with Crippen molar-refractivity contribution in [3.8, 4) is 0 Å². The van der Waals surface area contributed by atoms with Crippen LogP contribution in [0.4, 0.5) is 22.0 Å². The molecule has 0 unspecified atom stereocenters. The summed E-state index contributed by atoms with van der Waals surface area (Å²) < 4.78 is 73.8. The van der Waals surface area contributed by atoms with Crippen LogP contribution >= 0.6 is 15.3 Å².